The van der Waals surface area contributed by atoms with Gasteiger partial charge in [-0.3, -0.25) is 28.9 Å². The Kier molecular flexibility index (Phi) is 10.6. The highest BCUT2D eigenvalue weighted by Gasteiger charge is 2.66. The molecule has 3 aliphatic carbocycles. The number of ketones is 2. The number of amides is 2. The van der Waals surface area contributed by atoms with Crippen LogP contribution in [0.2, 0.25) is 5.02 Å². The van der Waals surface area contributed by atoms with Crippen molar-refractivity contribution in [2.45, 2.75) is 56.1 Å². The van der Waals surface area contributed by atoms with Crippen LogP contribution in [0.25, 0.3) is 0 Å². The molecule has 13 nitrogen and oxygen atoms in total. The first kappa shape index (κ1) is 37.1. The topological polar surface area (TPSA) is 212 Å². The summed E-state index contributed by atoms with van der Waals surface area (Å²) >= 11 is 6.64. The molecule has 6 rings (SSSR count). The van der Waals surface area contributed by atoms with Gasteiger partial charge in [0.15, 0.2) is 17.1 Å². The summed E-state index contributed by atoms with van der Waals surface area (Å²) in [6.07, 6.45) is -1.14. The number of halogens is 1. The van der Waals surface area contributed by atoms with Crippen LogP contribution in [-0.4, -0.2) is 86.6 Å². The van der Waals surface area contributed by atoms with Gasteiger partial charge in [0.05, 0.1) is 29.2 Å². The summed E-state index contributed by atoms with van der Waals surface area (Å²) in [4.78, 5) is 61.1. The van der Waals surface area contributed by atoms with Gasteiger partial charge in [-0.05, 0) is 68.5 Å². The van der Waals surface area contributed by atoms with Crippen LogP contribution in [0.15, 0.2) is 78.1 Å². The van der Waals surface area contributed by atoms with Crippen LogP contribution in [0.3, 0.4) is 0 Å². The number of hydrogen-bond acceptors (Lipinski definition) is 11. The summed E-state index contributed by atoms with van der Waals surface area (Å²) in [5, 5.41) is 48.7. The molecule has 52 heavy (non-hydrogen) atoms. The lowest BCUT2D eigenvalue weighted by Crippen LogP contribution is -2.71. The zero-order valence-corrected chi connectivity index (χ0v) is 29.3. The molecule has 0 aromatic heterocycles. The van der Waals surface area contributed by atoms with Crippen LogP contribution in [-0.2, 0) is 38.7 Å². The van der Waals surface area contributed by atoms with E-state index in [9.17, 15) is 39.6 Å². The fourth-order valence-electron chi connectivity index (χ4n) is 8.04. The summed E-state index contributed by atoms with van der Waals surface area (Å²) in [6.45, 7) is 0.168. The van der Waals surface area contributed by atoms with Crippen molar-refractivity contribution >= 4 is 40.7 Å². The second-order valence-corrected chi connectivity index (χ2v) is 14.3. The number of rotatable bonds is 11. The van der Waals surface area contributed by atoms with Crippen LogP contribution in [0.4, 0.5) is 5.69 Å². The highest BCUT2D eigenvalue weighted by molar-refractivity contribution is 6.34. The van der Waals surface area contributed by atoms with E-state index in [0.29, 0.717) is 18.4 Å². The molecule has 0 radical (unpaired) electrons. The Morgan fingerprint density at radius 3 is 2.31 bits per heavy atom. The van der Waals surface area contributed by atoms with Crippen molar-refractivity contribution in [1.82, 2.24) is 10.4 Å². The number of phenols is 1. The van der Waals surface area contributed by atoms with Crippen molar-refractivity contribution < 1.29 is 44.4 Å². The predicted molar refractivity (Wildman–Crippen MR) is 190 cm³/mol. The third-order valence-corrected chi connectivity index (χ3v) is 10.8. The van der Waals surface area contributed by atoms with Gasteiger partial charge in [-0.15, -0.1) is 0 Å². The molecule has 274 valence electrons. The summed E-state index contributed by atoms with van der Waals surface area (Å²) in [5.41, 5.74) is 6.48. The molecule has 0 spiro atoms. The number of aliphatic hydroxyl groups is 3. The van der Waals surface area contributed by atoms with E-state index in [-0.39, 0.29) is 35.7 Å². The number of nitrogens with one attached hydrogen (secondary N) is 2. The number of primary amides is 1. The maximum atomic E-state index is 14.2. The van der Waals surface area contributed by atoms with Gasteiger partial charge < -0.3 is 31.5 Å². The number of carbonyl (C=O) groups is 4. The van der Waals surface area contributed by atoms with E-state index in [2.05, 4.69) is 10.8 Å². The number of anilines is 1. The highest BCUT2D eigenvalue weighted by Crippen LogP contribution is 2.54. The number of aromatic hydroxyl groups is 1. The molecule has 1 fully saturated rings. The largest absolute Gasteiger partial charge is 0.510 e. The third kappa shape index (κ3) is 6.60. The molecule has 3 aromatic rings. The number of benzene rings is 3. The Morgan fingerprint density at radius 1 is 1.06 bits per heavy atom. The second-order valence-electron chi connectivity index (χ2n) is 13.9. The van der Waals surface area contributed by atoms with Gasteiger partial charge in [0.25, 0.3) is 5.91 Å². The first-order chi connectivity index (χ1) is 24.7. The number of fused-ring (bicyclic) bond motifs is 3. The summed E-state index contributed by atoms with van der Waals surface area (Å²) in [7, 11) is 3.14. The molecule has 8 N–H and O–H groups in total. The number of phenolic OH excluding ortho intramolecular Hbond substituents is 1. The normalized spacial score (nSPS) is 26.0. The van der Waals surface area contributed by atoms with Crippen LogP contribution in [0.5, 0.6) is 5.75 Å². The van der Waals surface area contributed by atoms with Gasteiger partial charge in [0, 0.05) is 5.92 Å². The van der Waals surface area contributed by atoms with Crippen molar-refractivity contribution in [1.29, 1.82) is 0 Å². The molecule has 3 aliphatic rings. The standard InChI is InChI=1S/C38H41ClN4O9/c1-43(2)30-23-16-21-15-22-17-24(39)29(32(45)26(22)31(44)27(21)34(47)38(23,51)35(48)28(33(30)46)36(40)49)41-37(50)25(14-13-19-9-5-3-6-10-19)42-52-18-20-11-7-4-8-12-20/h3-12,17,21,23,25,27,30,34,42,45-47,51H,13-16,18H2,1-2H3,(H2,40,49)(H,41,50)/t21?,23?,25?,27?,30-,34?,38-/m0/s1. The molecule has 0 bridgehead atoms. The molecular formula is C38H41ClN4O9. The maximum Gasteiger partial charge on any atom is 0.255 e. The van der Waals surface area contributed by atoms with E-state index in [1.54, 1.807) is 14.1 Å². The zero-order valence-electron chi connectivity index (χ0n) is 28.6. The van der Waals surface area contributed by atoms with E-state index < -0.39 is 82.0 Å². The zero-order chi connectivity index (χ0) is 37.5. The number of hydrogen-bond donors (Lipinski definition) is 7. The average molecular weight is 733 g/mol. The van der Waals surface area contributed by atoms with E-state index >= 15 is 0 Å². The molecule has 0 saturated heterocycles. The SMILES string of the molecule is CN(C)[C@@H]1C(O)=C(C(N)=O)C(=O)[C@@]2(O)C(O)C3C(=O)c4c(cc(Cl)c(NC(=O)C(CCc5ccccc5)NOCc5ccccc5)c4O)CC3CC12. The van der Waals surface area contributed by atoms with Crippen molar-refractivity contribution in [2.75, 3.05) is 19.4 Å². The van der Waals surface area contributed by atoms with Crippen molar-refractivity contribution in [3.05, 3.63) is 105 Å². The van der Waals surface area contributed by atoms with Gasteiger partial charge in [-0.1, -0.05) is 72.3 Å². The smallest absolute Gasteiger partial charge is 0.255 e. The fourth-order valence-corrected chi connectivity index (χ4v) is 8.31. The number of likely N-dealkylation sites (N-methyl/N-ethyl adjacent to an activating group) is 1. The molecule has 7 atom stereocenters. The molecule has 0 heterocycles. The number of aryl methyl sites for hydroxylation is 1. The van der Waals surface area contributed by atoms with E-state index in [0.717, 1.165) is 11.1 Å². The van der Waals surface area contributed by atoms with Crippen LogP contribution in [0, 0.1) is 17.8 Å². The molecule has 0 aliphatic heterocycles. The maximum absolute atomic E-state index is 14.2. The van der Waals surface area contributed by atoms with Crippen LogP contribution in [0.1, 0.15) is 39.9 Å². The number of hydroxylamine groups is 1. The lowest BCUT2D eigenvalue weighted by atomic mass is 9.53. The Morgan fingerprint density at radius 2 is 1.69 bits per heavy atom. The van der Waals surface area contributed by atoms with Gasteiger partial charge in [0.1, 0.15) is 29.2 Å². The molecule has 14 heteroatoms. The Labute approximate surface area is 305 Å². The van der Waals surface area contributed by atoms with E-state index in [4.69, 9.17) is 22.2 Å². The Bertz CT molecular complexity index is 1920. The molecule has 3 aromatic carbocycles. The number of nitrogens with zero attached hydrogens (tertiary/aromatic N) is 1. The van der Waals surface area contributed by atoms with Gasteiger partial charge in [0.2, 0.25) is 11.7 Å². The Hall–Kier alpha value is -4.63. The fraction of sp³-hybridized carbons (Fsp3) is 0.368. The first-order valence-electron chi connectivity index (χ1n) is 16.9. The van der Waals surface area contributed by atoms with Crippen molar-refractivity contribution in [3.63, 3.8) is 0 Å². The quantitative estimate of drug-likeness (QED) is 0.0865. The predicted octanol–water partition coefficient (Wildman–Crippen LogP) is 2.60. The van der Waals surface area contributed by atoms with Gasteiger partial charge in [-0.25, -0.2) is 0 Å². The second kappa shape index (κ2) is 14.8. The molecule has 2 amide bonds. The van der Waals surface area contributed by atoms with Gasteiger partial charge >= 0.3 is 0 Å². The number of aliphatic hydroxyl groups excluding tert-OH is 2. The lowest BCUT2D eigenvalue weighted by Gasteiger charge is -2.55. The minimum Gasteiger partial charge on any atom is -0.510 e. The number of nitrogens with two attached hydrogens (primary N) is 1. The third-order valence-electron chi connectivity index (χ3n) is 10.5. The van der Waals surface area contributed by atoms with Crippen molar-refractivity contribution in [2.24, 2.45) is 23.5 Å². The summed E-state index contributed by atoms with van der Waals surface area (Å²) in [5.74, 6) is -8.36. The molecular weight excluding hydrogens is 692 g/mol. The minimum absolute atomic E-state index is 0.0112. The average Bonchev–Trinajstić information content (AvgIpc) is 3.10. The minimum atomic E-state index is -2.66. The summed E-state index contributed by atoms with van der Waals surface area (Å²) in [6, 6.07) is 18.3. The van der Waals surface area contributed by atoms with Gasteiger partial charge in [-0.2, -0.15) is 5.48 Å². The summed E-state index contributed by atoms with van der Waals surface area (Å²) < 4.78 is 0. The van der Waals surface area contributed by atoms with Crippen LogP contribution >= 0.6 is 11.6 Å². The first-order valence-corrected chi connectivity index (χ1v) is 17.3. The van der Waals surface area contributed by atoms with E-state index in [1.165, 1.54) is 11.0 Å². The Balaban J connectivity index is 1.28. The highest BCUT2D eigenvalue weighted by atomic mass is 35.5. The monoisotopic (exact) mass is 732 g/mol. The molecule has 1 saturated carbocycles. The lowest BCUT2D eigenvalue weighted by molar-refractivity contribution is -0.190. The molecule has 5 unspecified atom stereocenters. The van der Waals surface area contributed by atoms with Crippen LogP contribution < -0.4 is 16.5 Å². The number of carbonyl (C=O) groups excluding carboxylic acids is 4. The number of Topliss-reactive ketones (excluding diaryl/α,β-unsaturated/α-hetero) is 2. The van der Waals surface area contributed by atoms with E-state index in [1.807, 2.05) is 60.7 Å². The van der Waals surface area contributed by atoms with Crippen molar-refractivity contribution in [3.8, 4) is 5.75 Å².